The Morgan fingerprint density at radius 2 is 1.97 bits per heavy atom. The van der Waals surface area contributed by atoms with E-state index < -0.39 is 5.97 Å². The van der Waals surface area contributed by atoms with Crippen molar-refractivity contribution < 1.29 is 19.1 Å². The molecule has 0 bridgehead atoms. The molecule has 2 heterocycles. The minimum Gasteiger partial charge on any atom is -0.465 e. The summed E-state index contributed by atoms with van der Waals surface area (Å²) in [4.78, 5) is 46.2. The van der Waals surface area contributed by atoms with Crippen LogP contribution in [0.1, 0.15) is 34.3 Å². The molecule has 164 valence electrons. The smallest absolute Gasteiger partial charge is 0.337 e. The highest BCUT2D eigenvalue weighted by atomic mass is 32.1. The van der Waals surface area contributed by atoms with Crippen LogP contribution in [0.3, 0.4) is 0 Å². The first-order valence-electron chi connectivity index (χ1n) is 10.4. The average molecular weight is 443 g/mol. The number of aryl methyl sites for hydroxylation is 1. The van der Waals surface area contributed by atoms with E-state index in [1.54, 1.807) is 42.5 Å². The van der Waals surface area contributed by atoms with Crippen LogP contribution >= 0.6 is 11.3 Å². The van der Waals surface area contributed by atoms with Crippen molar-refractivity contribution in [1.82, 2.24) is 9.88 Å². The molecule has 0 radical (unpaired) electrons. The molecule has 2 amide bonds. The van der Waals surface area contributed by atoms with E-state index in [1.165, 1.54) is 12.0 Å². The first-order chi connectivity index (χ1) is 14.9. The fraction of sp³-hybridized carbons (Fsp3) is 0.455. The third-order valence-corrected chi connectivity index (χ3v) is 7.03. The zero-order valence-electron chi connectivity index (χ0n) is 17.7. The molecule has 4 rings (SSSR count). The molecule has 1 aliphatic carbocycles. The van der Waals surface area contributed by atoms with E-state index in [1.807, 2.05) is 4.90 Å². The Labute approximate surface area is 185 Å². The summed E-state index contributed by atoms with van der Waals surface area (Å²) in [6.45, 7) is 4.61. The molecule has 1 saturated heterocycles. The monoisotopic (exact) mass is 442 g/mol. The van der Waals surface area contributed by atoms with E-state index in [-0.39, 0.29) is 17.7 Å². The number of amides is 2. The SMILES string of the molecule is COC(=O)c1cccc(NC(=O)C2CCc3nc(N4CCN(C(C)=O)CC4)sc3C2)c1. The highest BCUT2D eigenvalue weighted by Gasteiger charge is 2.29. The van der Waals surface area contributed by atoms with Gasteiger partial charge in [0.25, 0.3) is 0 Å². The number of hydrogen-bond donors (Lipinski definition) is 1. The van der Waals surface area contributed by atoms with Crippen LogP contribution < -0.4 is 10.2 Å². The van der Waals surface area contributed by atoms with E-state index in [9.17, 15) is 14.4 Å². The molecule has 0 spiro atoms. The summed E-state index contributed by atoms with van der Waals surface area (Å²) < 4.78 is 4.74. The van der Waals surface area contributed by atoms with Crippen molar-refractivity contribution in [2.75, 3.05) is 43.5 Å². The average Bonchev–Trinajstić information content (AvgIpc) is 3.22. The number of ether oxygens (including phenoxy) is 1. The first-order valence-corrected chi connectivity index (χ1v) is 11.2. The maximum absolute atomic E-state index is 12.8. The molecule has 1 N–H and O–H groups in total. The summed E-state index contributed by atoms with van der Waals surface area (Å²) in [5.41, 5.74) is 2.08. The lowest BCUT2D eigenvalue weighted by Gasteiger charge is -2.33. The zero-order chi connectivity index (χ0) is 22.0. The number of hydrogen-bond acceptors (Lipinski definition) is 7. The number of aromatic nitrogens is 1. The van der Waals surface area contributed by atoms with Crippen molar-refractivity contribution in [3.05, 3.63) is 40.4 Å². The molecule has 1 unspecified atom stereocenters. The molecule has 1 atom stereocenters. The number of nitrogens with zero attached hydrogens (tertiary/aromatic N) is 3. The second kappa shape index (κ2) is 9.05. The van der Waals surface area contributed by atoms with Gasteiger partial charge in [0.15, 0.2) is 5.13 Å². The molecule has 31 heavy (non-hydrogen) atoms. The maximum Gasteiger partial charge on any atom is 0.337 e. The number of nitrogens with one attached hydrogen (secondary N) is 1. The highest BCUT2D eigenvalue weighted by molar-refractivity contribution is 7.15. The van der Waals surface area contributed by atoms with Crippen molar-refractivity contribution in [2.24, 2.45) is 5.92 Å². The summed E-state index contributed by atoms with van der Waals surface area (Å²) in [7, 11) is 1.33. The number of carbonyl (C=O) groups excluding carboxylic acids is 3. The lowest BCUT2D eigenvalue weighted by atomic mass is 9.90. The second-order valence-corrected chi connectivity index (χ2v) is 8.92. The van der Waals surface area contributed by atoms with Gasteiger partial charge in [-0.05, 0) is 37.5 Å². The van der Waals surface area contributed by atoms with Crippen LogP contribution in [0.2, 0.25) is 0 Å². The van der Waals surface area contributed by atoms with Gasteiger partial charge >= 0.3 is 5.97 Å². The van der Waals surface area contributed by atoms with Gasteiger partial charge in [0.2, 0.25) is 11.8 Å². The molecular weight excluding hydrogens is 416 g/mol. The Hall–Kier alpha value is -2.94. The van der Waals surface area contributed by atoms with Gasteiger partial charge in [-0.15, -0.1) is 11.3 Å². The normalized spacial score (nSPS) is 18.3. The number of benzene rings is 1. The summed E-state index contributed by atoms with van der Waals surface area (Å²) in [6.07, 6.45) is 2.19. The number of methoxy groups -OCH3 is 1. The van der Waals surface area contributed by atoms with Crippen LogP contribution in [0.25, 0.3) is 0 Å². The van der Waals surface area contributed by atoms with Gasteiger partial charge < -0.3 is 19.9 Å². The number of esters is 1. The fourth-order valence-electron chi connectivity index (χ4n) is 4.02. The Morgan fingerprint density at radius 3 is 2.68 bits per heavy atom. The molecule has 0 saturated carbocycles. The topological polar surface area (TPSA) is 91.8 Å². The van der Waals surface area contributed by atoms with Crippen LogP contribution in [0.4, 0.5) is 10.8 Å². The van der Waals surface area contributed by atoms with Gasteiger partial charge in [-0.25, -0.2) is 9.78 Å². The highest BCUT2D eigenvalue weighted by Crippen LogP contribution is 2.35. The Bertz CT molecular complexity index is 997. The van der Waals surface area contributed by atoms with Crippen LogP contribution in [0.5, 0.6) is 0 Å². The van der Waals surface area contributed by atoms with Crippen molar-refractivity contribution in [3.8, 4) is 0 Å². The standard InChI is InChI=1S/C22H26N4O4S/c1-14(27)25-8-10-26(11-9-25)22-24-18-7-6-15(13-19(18)31-22)20(28)23-17-5-3-4-16(12-17)21(29)30-2/h3-5,12,15H,6-11,13H2,1-2H3,(H,23,28). The molecule has 9 heteroatoms. The fourth-order valence-corrected chi connectivity index (χ4v) is 5.26. The van der Waals surface area contributed by atoms with E-state index in [2.05, 4.69) is 10.2 Å². The number of rotatable bonds is 4. The van der Waals surface area contributed by atoms with Crippen LogP contribution in [0, 0.1) is 5.92 Å². The minimum absolute atomic E-state index is 0.0438. The van der Waals surface area contributed by atoms with Crippen molar-refractivity contribution >= 4 is 39.9 Å². The summed E-state index contributed by atoms with van der Waals surface area (Å²) in [5, 5.41) is 3.92. The summed E-state index contributed by atoms with van der Waals surface area (Å²) >= 11 is 1.66. The van der Waals surface area contributed by atoms with Gasteiger partial charge in [-0.3, -0.25) is 9.59 Å². The number of carbonyl (C=O) groups is 3. The summed E-state index contributed by atoms with van der Waals surface area (Å²) in [6, 6.07) is 6.78. The molecular formula is C22H26N4O4S. The van der Waals surface area contributed by atoms with Crippen molar-refractivity contribution in [1.29, 1.82) is 0 Å². The number of anilines is 2. The van der Waals surface area contributed by atoms with E-state index in [0.29, 0.717) is 17.7 Å². The lowest BCUT2D eigenvalue weighted by molar-refractivity contribution is -0.129. The van der Waals surface area contributed by atoms with Gasteiger partial charge in [0.1, 0.15) is 0 Å². The van der Waals surface area contributed by atoms with Gasteiger partial charge in [0.05, 0.1) is 18.4 Å². The number of piperazine rings is 1. The second-order valence-electron chi connectivity index (χ2n) is 7.86. The predicted octanol–water partition coefficient (Wildman–Crippen LogP) is 2.34. The largest absolute Gasteiger partial charge is 0.465 e. The molecule has 1 aliphatic heterocycles. The number of thiazole rings is 1. The Kier molecular flexibility index (Phi) is 6.22. The quantitative estimate of drug-likeness (QED) is 0.731. The molecule has 8 nitrogen and oxygen atoms in total. The van der Waals surface area contributed by atoms with Gasteiger partial charge in [0, 0.05) is 49.6 Å². The molecule has 1 aromatic heterocycles. The van der Waals surface area contributed by atoms with E-state index in [0.717, 1.165) is 49.8 Å². The summed E-state index contributed by atoms with van der Waals surface area (Å²) in [5.74, 6) is -0.487. The molecule has 2 aliphatic rings. The van der Waals surface area contributed by atoms with Crippen molar-refractivity contribution in [3.63, 3.8) is 0 Å². The van der Waals surface area contributed by atoms with Gasteiger partial charge in [-0.1, -0.05) is 6.07 Å². The van der Waals surface area contributed by atoms with Gasteiger partial charge in [-0.2, -0.15) is 0 Å². The maximum atomic E-state index is 12.8. The van der Waals surface area contributed by atoms with Crippen molar-refractivity contribution in [2.45, 2.75) is 26.2 Å². The minimum atomic E-state index is -0.431. The van der Waals surface area contributed by atoms with E-state index in [4.69, 9.17) is 9.72 Å². The van der Waals surface area contributed by atoms with E-state index >= 15 is 0 Å². The van der Waals surface area contributed by atoms with Crippen LogP contribution in [0.15, 0.2) is 24.3 Å². The van der Waals surface area contributed by atoms with Crippen LogP contribution in [-0.4, -0.2) is 61.0 Å². The molecule has 1 aromatic carbocycles. The molecule has 2 aromatic rings. The predicted molar refractivity (Wildman–Crippen MR) is 119 cm³/mol. The third-order valence-electron chi connectivity index (χ3n) is 5.85. The first kappa shape index (κ1) is 21.3. The Morgan fingerprint density at radius 1 is 1.19 bits per heavy atom. The lowest BCUT2D eigenvalue weighted by Crippen LogP contribution is -2.48. The zero-order valence-corrected chi connectivity index (χ0v) is 18.5. The number of fused-ring (bicyclic) bond motifs is 1. The third kappa shape index (κ3) is 4.71. The molecule has 1 fully saturated rings. The Balaban J connectivity index is 1.38. The van der Waals surface area contributed by atoms with Crippen LogP contribution in [-0.2, 0) is 27.2 Å².